The van der Waals surface area contributed by atoms with Crippen LogP contribution in [0.2, 0.25) is 0 Å². The van der Waals surface area contributed by atoms with Crippen molar-refractivity contribution in [2.24, 2.45) is 17.6 Å². The highest BCUT2D eigenvalue weighted by Gasteiger charge is 2.68. The van der Waals surface area contributed by atoms with Gasteiger partial charge in [0.1, 0.15) is 34.2 Å². The van der Waals surface area contributed by atoms with E-state index in [-0.39, 0.29) is 16.4 Å². The molecule has 3 aliphatic carbocycles. The summed E-state index contributed by atoms with van der Waals surface area (Å²) >= 11 is 5.53. The number of amides is 1. The van der Waals surface area contributed by atoms with Gasteiger partial charge in [0, 0.05) is 54.0 Å². The summed E-state index contributed by atoms with van der Waals surface area (Å²) < 4.78 is 6.10. The van der Waals surface area contributed by atoms with Crippen LogP contribution in [0.1, 0.15) is 24.0 Å². The van der Waals surface area contributed by atoms with Gasteiger partial charge in [0.25, 0.3) is 5.91 Å². The fraction of sp³-hybridized carbons (Fsp3) is 0.282. The minimum Gasteiger partial charge on any atom is -0.508 e. The predicted octanol–water partition coefficient (Wildman–Crippen LogP) is 3.78. The summed E-state index contributed by atoms with van der Waals surface area (Å²) in [6.45, 7) is 1.66. The number of aromatic hydroxyl groups is 1. The first-order valence-corrected chi connectivity index (χ1v) is 17.5. The van der Waals surface area contributed by atoms with E-state index in [9.17, 15) is 39.9 Å². The molecule has 0 radical (unpaired) electrons. The lowest BCUT2D eigenvalue weighted by molar-refractivity contribution is -0.169. The zero-order valence-electron chi connectivity index (χ0n) is 29.9. The third-order valence-electron chi connectivity index (χ3n) is 10.8. The average molecular weight is 754 g/mol. The zero-order chi connectivity index (χ0) is 39.1. The lowest BCUT2D eigenvalue weighted by atomic mass is 9.54. The molecule has 1 heterocycles. The molecule has 1 saturated carbocycles. The molecule has 280 valence electrons. The van der Waals surface area contributed by atoms with Gasteiger partial charge in [0.05, 0.1) is 29.3 Å². The maximum atomic E-state index is 14.3. The number of Topliss-reactive ketones (excluding diaryl/α,β-unsaturated/α-hetero) is 2. The summed E-state index contributed by atoms with van der Waals surface area (Å²) in [4.78, 5) is 43.2. The van der Waals surface area contributed by atoms with Crippen molar-refractivity contribution in [3.63, 3.8) is 0 Å². The molecule has 1 amide bonds. The molecule has 0 bridgehead atoms. The number of nitrogens with zero attached hydrogens (tertiary/aromatic N) is 2. The Kier molecular flexibility index (Phi) is 8.80. The summed E-state index contributed by atoms with van der Waals surface area (Å²) in [7, 11) is 6.82. The van der Waals surface area contributed by atoms with Crippen LogP contribution in [0.15, 0.2) is 82.0 Å². The minimum absolute atomic E-state index is 0.0649. The van der Waals surface area contributed by atoms with Crippen molar-refractivity contribution in [2.75, 3.05) is 43.7 Å². The highest BCUT2D eigenvalue weighted by atomic mass is 32.1. The monoisotopic (exact) mass is 753 g/mol. The number of aliphatic hydroxyl groups excluding tert-OH is 3. The fourth-order valence-electron chi connectivity index (χ4n) is 8.16. The van der Waals surface area contributed by atoms with Crippen LogP contribution in [0.4, 0.5) is 17.1 Å². The number of carbonyl (C=O) groups is 3. The first kappa shape index (κ1) is 36.6. The van der Waals surface area contributed by atoms with Crippen molar-refractivity contribution >= 4 is 68.6 Å². The molecule has 0 saturated heterocycles. The highest BCUT2D eigenvalue weighted by Crippen LogP contribution is 2.56. The van der Waals surface area contributed by atoms with Crippen molar-refractivity contribution in [1.29, 1.82) is 0 Å². The van der Waals surface area contributed by atoms with E-state index in [0.29, 0.717) is 17.0 Å². The maximum absolute atomic E-state index is 14.3. The summed E-state index contributed by atoms with van der Waals surface area (Å²) in [5, 5.41) is 65.0. The van der Waals surface area contributed by atoms with Crippen LogP contribution in [-0.4, -0.2) is 99.0 Å². The molecule has 0 aliphatic heterocycles. The Balaban J connectivity index is 1.17. The van der Waals surface area contributed by atoms with Crippen LogP contribution in [0.5, 0.6) is 5.75 Å². The van der Waals surface area contributed by atoms with Crippen molar-refractivity contribution in [3.05, 3.63) is 88.7 Å². The van der Waals surface area contributed by atoms with Gasteiger partial charge < -0.3 is 51.2 Å². The number of likely N-dealkylation sites (N-methyl/N-ethyl adjacent to an activating group) is 1. The van der Waals surface area contributed by atoms with Gasteiger partial charge >= 0.3 is 0 Å². The van der Waals surface area contributed by atoms with E-state index < -0.39 is 81.4 Å². The number of nitrogens with one attached hydrogen (secondary N) is 2. The van der Waals surface area contributed by atoms with E-state index in [4.69, 9.17) is 22.4 Å². The van der Waals surface area contributed by atoms with Crippen LogP contribution in [0.3, 0.4) is 0 Å². The van der Waals surface area contributed by atoms with Gasteiger partial charge in [0.15, 0.2) is 16.5 Å². The summed E-state index contributed by atoms with van der Waals surface area (Å²) in [5.74, 6) is -8.99. The number of rotatable bonds is 6. The number of hydrogen-bond donors (Lipinski definition) is 8. The minimum atomic E-state index is -3.00. The Hall–Kier alpha value is -5.74. The molecule has 0 unspecified atom stereocenters. The number of phenolic OH excluding ortho intramolecular Hbond substituents is 1. The second-order valence-corrected chi connectivity index (χ2v) is 14.8. The fourth-order valence-corrected chi connectivity index (χ4v) is 8.39. The van der Waals surface area contributed by atoms with Crippen LogP contribution >= 0.6 is 12.2 Å². The van der Waals surface area contributed by atoms with E-state index >= 15 is 0 Å². The van der Waals surface area contributed by atoms with Gasteiger partial charge in [0.2, 0.25) is 5.78 Å². The lowest BCUT2D eigenvalue weighted by Gasteiger charge is -2.53. The molecule has 15 heteroatoms. The van der Waals surface area contributed by atoms with Crippen LogP contribution < -0.4 is 21.3 Å². The van der Waals surface area contributed by atoms with Crippen molar-refractivity contribution < 1.29 is 44.3 Å². The summed E-state index contributed by atoms with van der Waals surface area (Å²) in [6.07, 6.45) is -1.69. The molecule has 6 atom stereocenters. The summed E-state index contributed by atoms with van der Waals surface area (Å²) in [5.41, 5.74) is 4.44. The smallest absolute Gasteiger partial charge is 0.255 e. The second kappa shape index (κ2) is 13.0. The van der Waals surface area contributed by atoms with Crippen molar-refractivity contribution in [1.82, 2.24) is 4.90 Å². The normalized spacial score (nSPS) is 25.0. The number of aliphatic hydroxyl groups is 4. The first-order valence-electron chi connectivity index (χ1n) is 17.0. The van der Waals surface area contributed by atoms with E-state index in [0.717, 1.165) is 22.2 Å². The lowest BCUT2D eigenvalue weighted by Crippen LogP contribution is -2.70. The number of primary amides is 1. The molecule has 3 aromatic carbocycles. The van der Waals surface area contributed by atoms with Crippen LogP contribution in [-0.2, 0) is 14.4 Å². The molecule has 54 heavy (non-hydrogen) atoms. The number of hydrogen-bond acceptors (Lipinski definition) is 12. The molecule has 1 aromatic heterocycles. The number of phenols is 1. The highest BCUT2D eigenvalue weighted by molar-refractivity contribution is 7.80. The quantitative estimate of drug-likeness (QED) is 0.0798. The average Bonchev–Trinajstić information content (AvgIpc) is 3.54. The van der Waals surface area contributed by atoms with Crippen molar-refractivity contribution in [3.8, 4) is 17.1 Å². The van der Waals surface area contributed by atoms with Gasteiger partial charge in [-0.3, -0.25) is 19.3 Å². The largest absolute Gasteiger partial charge is 0.508 e. The Morgan fingerprint density at radius 1 is 0.963 bits per heavy atom. The maximum Gasteiger partial charge on any atom is 0.255 e. The predicted molar refractivity (Wildman–Crippen MR) is 206 cm³/mol. The zero-order valence-corrected chi connectivity index (χ0v) is 30.7. The third kappa shape index (κ3) is 5.42. The first-order chi connectivity index (χ1) is 25.5. The molecule has 4 aromatic rings. The van der Waals surface area contributed by atoms with E-state index in [2.05, 4.69) is 10.6 Å². The van der Waals surface area contributed by atoms with Gasteiger partial charge in [-0.2, -0.15) is 0 Å². The van der Waals surface area contributed by atoms with Gasteiger partial charge in [-0.1, -0.05) is 13.0 Å². The number of thiocarbonyl (C=S) groups is 1. The van der Waals surface area contributed by atoms with Crippen LogP contribution in [0, 0.1) is 11.8 Å². The number of ketones is 2. The topological polar surface area (TPSA) is 222 Å². The SMILES string of the molecule is C[C@H]1c2ccc(NC(=S)Nc3ccc(-c4cc5ccc(N(C)C)cc5o4)cc3)c(O)c2C(O)=C2C(=O)[C@]3(O)C(O)=C(C(N)=O)C(=O)[C@@H](N(C)C)[C@@H]3[C@@H](O)[C@@H]21. The molecule has 9 N–H and O–H groups in total. The molecular formula is C39H39N5O9S. The molecule has 1 fully saturated rings. The molecular weight excluding hydrogens is 715 g/mol. The van der Waals surface area contributed by atoms with Gasteiger partial charge in [-0.25, -0.2) is 0 Å². The number of furan rings is 1. The number of anilines is 3. The van der Waals surface area contributed by atoms with Gasteiger partial charge in [-0.15, -0.1) is 0 Å². The van der Waals surface area contributed by atoms with Crippen LogP contribution in [0.25, 0.3) is 28.1 Å². The van der Waals surface area contributed by atoms with E-state index in [1.807, 2.05) is 55.4 Å². The standard InChI is InChI=1S/C39H39N5O9S/c1-16-21-12-13-22(42-38(54)41-19-9-6-17(7-10-19)23-14-18-8-11-20(43(2)3)15-24(18)53-23)31(45)26(21)32(46)27-25(16)33(47)29-30(44(4)5)34(48)28(37(40)51)36(50)39(29,52)35(27)49/h6-16,25,29-30,33,45-47,50,52H,1-5H3,(H2,40,51)(H2,41,42,54)/t16-,25+,29+,30-,33-,39-/m0/s1. The Morgan fingerprint density at radius 3 is 2.28 bits per heavy atom. The Labute approximate surface area is 314 Å². The van der Waals surface area contributed by atoms with E-state index in [1.54, 1.807) is 25.1 Å². The number of benzene rings is 3. The molecule has 0 spiro atoms. The number of fused-ring (bicyclic) bond motifs is 4. The third-order valence-corrected chi connectivity index (χ3v) is 11.0. The van der Waals surface area contributed by atoms with Gasteiger partial charge in [-0.05, 0) is 86.3 Å². The number of nitrogens with two attached hydrogens (primary N) is 1. The molecule has 3 aliphatic rings. The second-order valence-electron chi connectivity index (χ2n) is 14.4. The van der Waals surface area contributed by atoms with Crippen molar-refractivity contribution in [2.45, 2.75) is 30.6 Å². The van der Waals surface area contributed by atoms with E-state index in [1.165, 1.54) is 25.1 Å². The Morgan fingerprint density at radius 2 is 1.65 bits per heavy atom. The molecule has 7 rings (SSSR count). The molecule has 14 nitrogen and oxygen atoms in total. The number of carbonyl (C=O) groups excluding carboxylic acids is 3. The Bertz CT molecular complexity index is 2350. The summed E-state index contributed by atoms with van der Waals surface area (Å²) in [6, 6.07) is 17.0.